The Bertz CT molecular complexity index is 406. The van der Waals surface area contributed by atoms with Gasteiger partial charge in [0.15, 0.2) is 5.76 Å². The molecule has 2 aromatic rings. The van der Waals surface area contributed by atoms with Crippen molar-refractivity contribution in [2.24, 2.45) is 0 Å². The SMILES string of the molecule is Nc1cnoc1-c1ccc(O)cc1. The molecule has 0 aliphatic heterocycles. The lowest BCUT2D eigenvalue weighted by Gasteiger charge is -1.96. The van der Waals surface area contributed by atoms with Gasteiger partial charge in [-0.2, -0.15) is 0 Å². The lowest BCUT2D eigenvalue weighted by Crippen LogP contribution is -1.83. The topological polar surface area (TPSA) is 72.3 Å². The van der Waals surface area contributed by atoms with Gasteiger partial charge in [0, 0.05) is 5.56 Å². The molecular formula is C9H8N2O2. The molecule has 0 saturated heterocycles. The fraction of sp³-hybridized carbons (Fsp3) is 0. The average molecular weight is 176 g/mol. The van der Waals surface area contributed by atoms with Gasteiger partial charge in [0.1, 0.15) is 11.4 Å². The molecule has 13 heavy (non-hydrogen) atoms. The van der Waals surface area contributed by atoms with E-state index in [9.17, 15) is 0 Å². The predicted octanol–water partition coefficient (Wildman–Crippen LogP) is 1.63. The molecule has 1 aromatic carbocycles. The third-order valence-corrected chi connectivity index (χ3v) is 1.73. The highest BCUT2D eigenvalue weighted by molar-refractivity contribution is 5.70. The van der Waals surface area contributed by atoms with Crippen molar-refractivity contribution in [3.05, 3.63) is 30.5 Å². The van der Waals surface area contributed by atoms with E-state index >= 15 is 0 Å². The Morgan fingerprint density at radius 1 is 1.23 bits per heavy atom. The van der Waals surface area contributed by atoms with Crippen molar-refractivity contribution in [1.82, 2.24) is 5.16 Å². The van der Waals surface area contributed by atoms with Crippen LogP contribution in [0.25, 0.3) is 11.3 Å². The minimum absolute atomic E-state index is 0.210. The maximum absolute atomic E-state index is 9.05. The molecule has 0 bridgehead atoms. The standard InChI is InChI=1S/C9H8N2O2/c10-8-5-11-13-9(8)6-1-3-7(12)4-2-6/h1-5,12H,10H2. The fourth-order valence-corrected chi connectivity index (χ4v) is 1.08. The number of hydrogen-bond acceptors (Lipinski definition) is 4. The summed E-state index contributed by atoms with van der Waals surface area (Å²) in [5, 5.41) is 12.6. The first-order valence-corrected chi connectivity index (χ1v) is 3.77. The minimum atomic E-state index is 0.210. The van der Waals surface area contributed by atoms with Crippen LogP contribution in [0.1, 0.15) is 0 Å². The third kappa shape index (κ3) is 1.33. The number of hydrogen-bond donors (Lipinski definition) is 2. The summed E-state index contributed by atoms with van der Waals surface area (Å²) in [7, 11) is 0. The number of anilines is 1. The monoisotopic (exact) mass is 176 g/mol. The molecule has 3 N–H and O–H groups in total. The molecule has 0 spiro atoms. The van der Waals surface area contributed by atoms with Crippen LogP contribution in [0.2, 0.25) is 0 Å². The second-order valence-corrected chi connectivity index (χ2v) is 2.66. The molecular weight excluding hydrogens is 168 g/mol. The van der Waals surface area contributed by atoms with Gasteiger partial charge in [0.05, 0.1) is 6.20 Å². The maximum atomic E-state index is 9.05. The second-order valence-electron chi connectivity index (χ2n) is 2.66. The normalized spacial score (nSPS) is 10.2. The van der Waals surface area contributed by atoms with Crippen LogP contribution in [-0.2, 0) is 0 Å². The number of aromatic nitrogens is 1. The van der Waals surface area contributed by atoms with E-state index in [4.69, 9.17) is 15.4 Å². The Morgan fingerprint density at radius 3 is 2.46 bits per heavy atom. The molecule has 0 aliphatic rings. The van der Waals surface area contributed by atoms with E-state index in [0.29, 0.717) is 11.4 Å². The highest BCUT2D eigenvalue weighted by Crippen LogP contribution is 2.26. The van der Waals surface area contributed by atoms with Crippen LogP contribution >= 0.6 is 0 Å². The molecule has 4 heteroatoms. The third-order valence-electron chi connectivity index (χ3n) is 1.73. The highest BCUT2D eigenvalue weighted by atomic mass is 16.5. The molecule has 2 rings (SSSR count). The summed E-state index contributed by atoms with van der Waals surface area (Å²) in [6, 6.07) is 6.56. The summed E-state index contributed by atoms with van der Waals surface area (Å²) >= 11 is 0. The largest absolute Gasteiger partial charge is 0.508 e. The van der Waals surface area contributed by atoms with Crippen molar-refractivity contribution in [2.45, 2.75) is 0 Å². The van der Waals surface area contributed by atoms with E-state index < -0.39 is 0 Å². The molecule has 0 fully saturated rings. The Labute approximate surface area is 74.6 Å². The summed E-state index contributed by atoms with van der Waals surface area (Å²) < 4.78 is 4.93. The van der Waals surface area contributed by atoms with Crippen LogP contribution in [0, 0.1) is 0 Å². The van der Waals surface area contributed by atoms with Gasteiger partial charge in [-0.25, -0.2) is 0 Å². The van der Waals surface area contributed by atoms with Gasteiger partial charge in [0.2, 0.25) is 0 Å². The Hall–Kier alpha value is -1.97. The summed E-state index contributed by atoms with van der Waals surface area (Å²) in [5.74, 6) is 0.738. The lowest BCUT2D eigenvalue weighted by atomic mass is 10.1. The van der Waals surface area contributed by atoms with Crippen molar-refractivity contribution < 1.29 is 9.63 Å². The first-order valence-electron chi connectivity index (χ1n) is 3.77. The van der Waals surface area contributed by atoms with Gasteiger partial charge in [-0.3, -0.25) is 0 Å². The van der Waals surface area contributed by atoms with E-state index in [-0.39, 0.29) is 5.75 Å². The summed E-state index contributed by atoms with van der Waals surface area (Å²) in [6.45, 7) is 0. The fourth-order valence-electron chi connectivity index (χ4n) is 1.08. The zero-order valence-electron chi connectivity index (χ0n) is 6.77. The first-order chi connectivity index (χ1) is 6.27. The number of nitrogens with two attached hydrogens (primary N) is 1. The van der Waals surface area contributed by atoms with Crippen molar-refractivity contribution >= 4 is 5.69 Å². The van der Waals surface area contributed by atoms with E-state index in [0.717, 1.165) is 5.56 Å². The van der Waals surface area contributed by atoms with E-state index in [1.54, 1.807) is 24.3 Å². The number of nitrogens with zero attached hydrogens (tertiary/aromatic N) is 1. The molecule has 0 amide bonds. The number of nitrogen functional groups attached to an aromatic ring is 1. The smallest absolute Gasteiger partial charge is 0.189 e. The van der Waals surface area contributed by atoms with Crippen LogP contribution in [0.5, 0.6) is 5.75 Å². The van der Waals surface area contributed by atoms with Crippen LogP contribution < -0.4 is 5.73 Å². The van der Waals surface area contributed by atoms with E-state index in [2.05, 4.69) is 5.16 Å². The number of phenolic OH excluding ortho intramolecular Hbond substituents is 1. The van der Waals surface area contributed by atoms with Crippen molar-refractivity contribution in [1.29, 1.82) is 0 Å². The Kier molecular flexibility index (Phi) is 1.66. The van der Waals surface area contributed by atoms with Crippen LogP contribution in [0.15, 0.2) is 35.0 Å². The lowest BCUT2D eigenvalue weighted by molar-refractivity contribution is 0.432. The molecule has 0 aliphatic carbocycles. The zero-order chi connectivity index (χ0) is 9.26. The molecule has 4 nitrogen and oxygen atoms in total. The van der Waals surface area contributed by atoms with Crippen LogP contribution in [-0.4, -0.2) is 10.3 Å². The first kappa shape index (κ1) is 7.67. The molecule has 1 heterocycles. The summed E-state index contributed by atoms with van der Waals surface area (Å²) in [6.07, 6.45) is 1.45. The Morgan fingerprint density at radius 2 is 1.92 bits per heavy atom. The minimum Gasteiger partial charge on any atom is -0.508 e. The summed E-state index contributed by atoms with van der Waals surface area (Å²) in [5.41, 5.74) is 6.88. The van der Waals surface area contributed by atoms with E-state index in [1.165, 1.54) is 6.20 Å². The van der Waals surface area contributed by atoms with Gasteiger partial charge in [-0.05, 0) is 24.3 Å². The quantitative estimate of drug-likeness (QED) is 0.692. The number of benzene rings is 1. The van der Waals surface area contributed by atoms with Gasteiger partial charge < -0.3 is 15.4 Å². The average Bonchev–Trinajstić information content (AvgIpc) is 2.53. The maximum Gasteiger partial charge on any atom is 0.189 e. The predicted molar refractivity (Wildman–Crippen MR) is 48.0 cm³/mol. The number of phenols is 1. The molecule has 0 unspecified atom stereocenters. The van der Waals surface area contributed by atoms with Gasteiger partial charge in [0.25, 0.3) is 0 Å². The van der Waals surface area contributed by atoms with Gasteiger partial charge in [-0.1, -0.05) is 5.16 Å². The van der Waals surface area contributed by atoms with Crippen LogP contribution in [0.3, 0.4) is 0 Å². The number of aromatic hydroxyl groups is 1. The molecule has 0 saturated carbocycles. The van der Waals surface area contributed by atoms with Crippen molar-refractivity contribution in [3.63, 3.8) is 0 Å². The molecule has 66 valence electrons. The van der Waals surface area contributed by atoms with Crippen molar-refractivity contribution in [3.8, 4) is 17.1 Å². The zero-order valence-corrected chi connectivity index (χ0v) is 6.77. The van der Waals surface area contributed by atoms with E-state index in [1.807, 2.05) is 0 Å². The Balaban J connectivity index is 2.47. The van der Waals surface area contributed by atoms with Gasteiger partial charge in [-0.15, -0.1) is 0 Å². The second kappa shape index (κ2) is 2.82. The molecule has 0 atom stereocenters. The van der Waals surface area contributed by atoms with Gasteiger partial charge >= 0.3 is 0 Å². The number of rotatable bonds is 1. The highest BCUT2D eigenvalue weighted by Gasteiger charge is 2.06. The van der Waals surface area contributed by atoms with Crippen molar-refractivity contribution in [2.75, 3.05) is 5.73 Å². The van der Waals surface area contributed by atoms with Crippen LogP contribution in [0.4, 0.5) is 5.69 Å². The summed E-state index contributed by atoms with van der Waals surface area (Å²) in [4.78, 5) is 0. The molecule has 1 aromatic heterocycles. The molecule has 0 radical (unpaired) electrons.